The van der Waals surface area contributed by atoms with E-state index in [1.807, 2.05) is 12.1 Å². The molecule has 628 valence electrons. The monoisotopic (exact) mass is 1750 g/mol. The highest BCUT2D eigenvalue weighted by molar-refractivity contribution is 6.46. The molecular weight excluding hydrogens is 1660 g/mol. The Hall–Kier alpha value is -8.26. The number of hydrogen-bond donors (Lipinski definition) is 5. The molecule has 0 bridgehead atoms. The molecule has 3 spiro atoms. The molecule has 7 aromatic heterocycles. The molecule has 11 aliphatic rings. The molecule has 35 heteroatoms. The number of hydrogen-bond acceptors (Lipinski definition) is 24. The van der Waals surface area contributed by atoms with Crippen LogP contribution in [0.2, 0.25) is 35.4 Å². The van der Waals surface area contributed by atoms with Gasteiger partial charge in [0, 0.05) is 140 Å². The molecule has 1 unspecified atom stereocenters. The normalized spacial score (nSPS) is 21.5. The summed E-state index contributed by atoms with van der Waals surface area (Å²) in [6.07, 6.45) is 24.9. The summed E-state index contributed by atoms with van der Waals surface area (Å²) in [4.78, 5) is 112. The number of benzene rings is 1. The van der Waals surface area contributed by atoms with Gasteiger partial charge in [-0.05, 0) is 142 Å². The molecule has 0 radical (unpaired) electrons. The van der Waals surface area contributed by atoms with Crippen molar-refractivity contribution in [1.29, 1.82) is 0 Å². The van der Waals surface area contributed by atoms with Gasteiger partial charge in [0.1, 0.15) is 16.1 Å². The first-order valence-electron chi connectivity index (χ1n) is 41.1. The first kappa shape index (κ1) is 84.4. The van der Waals surface area contributed by atoms with Gasteiger partial charge >= 0.3 is 0 Å². The van der Waals surface area contributed by atoms with Gasteiger partial charge in [-0.15, -0.1) is 0 Å². The minimum atomic E-state index is -0.132. The maximum atomic E-state index is 13.4. The summed E-state index contributed by atoms with van der Waals surface area (Å²) in [5, 5.41) is 2.13. The summed E-state index contributed by atoms with van der Waals surface area (Å²) in [5.41, 5.74) is 41.0. The number of nitrogens with two attached hydrogens (primary N) is 5. The van der Waals surface area contributed by atoms with Gasteiger partial charge in [0.05, 0.1) is 119 Å². The van der Waals surface area contributed by atoms with Gasteiger partial charge in [0.25, 0.3) is 22.2 Å². The van der Waals surface area contributed by atoms with Crippen LogP contribution in [0.4, 0.5) is 29.6 Å². The van der Waals surface area contributed by atoms with Crippen molar-refractivity contribution in [2.24, 2.45) is 92.8 Å². The highest BCUT2D eigenvalue weighted by atomic mass is 35.5. The fourth-order valence-corrected chi connectivity index (χ4v) is 21.2. The van der Waals surface area contributed by atoms with Crippen LogP contribution in [0.15, 0.2) is 94.1 Å². The van der Waals surface area contributed by atoms with Crippen molar-refractivity contribution >= 4 is 134 Å². The van der Waals surface area contributed by atoms with Crippen LogP contribution in [0.3, 0.4) is 0 Å². The Morgan fingerprint density at radius 3 is 1.01 bits per heavy atom. The first-order chi connectivity index (χ1) is 57.1. The summed E-state index contributed by atoms with van der Waals surface area (Å²) in [6, 6.07) is 11.4. The highest BCUT2D eigenvalue weighted by Crippen LogP contribution is 2.49. The second-order valence-electron chi connectivity index (χ2n) is 34.0. The third kappa shape index (κ3) is 15.5. The third-order valence-corrected chi connectivity index (χ3v) is 30.2. The molecule has 10 N–H and O–H groups in total. The van der Waals surface area contributed by atoms with E-state index < -0.39 is 0 Å². The van der Waals surface area contributed by atoms with Crippen molar-refractivity contribution in [3.63, 3.8) is 0 Å². The number of aliphatic imine (C=N–C) groups is 4. The van der Waals surface area contributed by atoms with Crippen LogP contribution in [0.5, 0.6) is 0 Å². The average Bonchev–Trinajstić information content (AvgIpc) is 1.66. The van der Waals surface area contributed by atoms with E-state index in [0.717, 1.165) is 129 Å². The zero-order valence-electron chi connectivity index (χ0n) is 67.5. The van der Waals surface area contributed by atoms with Gasteiger partial charge in [0.15, 0.2) is 0 Å². The Bertz CT molecular complexity index is 5560. The van der Waals surface area contributed by atoms with Crippen molar-refractivity contribution in [2.75, 3.05) is 84.2 Å². The number of fused-ring (bicyclic) bond motifs is 4. The zero-order chi connectivity index (χ0) is 83.9. The Morgan fingerprint density at radius 1 is 0.387 bits per heavy atom. The van der Waals surface area contributed by atoms with E-state index >= 15 is 0 Å². The molecule has 28 nitrogen and oxygen atoms in total. The summed E-state index contributed by atoms with van der Waals surface area (Å²) in [7, 11) is 7.08. The lowest BCUT2D eigenvalue weighted by atomic mass is 9.65. The summed E-state index contributed by atoms with van der Waals surface area (Å²) in [5.74, 6) is 3.03. The van der Waals surface area contributed by atoms with Crippen molar-refractivity contribution in [3.8, 4) is 0 Å². The van der Waals surface area contributed by atoms with Gasteiger partial charge < -0.3 is 48.3 Å². The summed E-state index contributed by atoms with van der Waals surface area (Å²) in [6.45, 7) is 11.2. The van der Waals surface area contributed by atoms with Crippen LogP contribution in [0, 0.1) is 21.7 Å². The Balaban J connectivity index is 0.000000118. The van der Waals surface area contributed by atoms with E-state index in [1.165, 1.54) is 44.9 Å². The summed E-state index contributed by atoms with van der Waals surface area (Å²) < 4.78 is 6.51. The molecule has 3 saturated carbocycles. The first-order valence-corrected chi connectivity index (χ1v) is 43.7. The molecule has 7 fully saturated rings. The molecule has 1 aromatic carbocycles. The number of rotatable bonds is 9. The molecule has 0 amide bonds. The quantitative estimate of drug-likeness (QED) is 0.0838. The lowest BCUT2D eigenvalue weighted by Gasteiger charge is -2.48. The number of anilines is 5. The average molecular weight is 1760 g/mol. The number of pyridine rings is 3. The third-order valence-electron chi connectivity index (χ3n) is 27.5. The number of nitrogen functional groups attached to an aromatic ring is 1. The van der Waals surface area contributed by atoms with E-state index in [0.29, 0.717) is 184 Å². The van der Waals surface area contributed by atoms with Gasteiger partial charge in [-0.25, -0.2) is 34.9 Å². The topological polar surface area (TPSA) is 371 Å². The molecule has 3 atom stereocenters. The van der Waals surface area contributed by atoms with Gasteiger partial charge in [0.2, 0.25) is 23.8 Å². The smallest absolute Gasteiger partial charge is 0.264 e. The van der Waals surface area contributed by atoms with Gasteiger partial charge in [-0.1, -0.05) is 126 Å². The van der Waals surface area contributed by atoms with Crippen LogP contribution in [-0.2, 0) is 54.4 Å². The molecule has 8 aromatic rings. The highest BCUT2D eigenvalue weighted by Gasteiger charge is 2.47. The SMILES string of the molecule is Cn1c(N2CCC(C)(CN)CC2)nc2c(c1=O)C(c1ccnc(Cl)c1Cl)=NC2.Cn1c(N2CCC3(CCCCC3N)CC2)nc2c(c1=O)C(c1cccc(Cl)c1Cl)=NC2.Cn1c(N2CCC3(CCC[C@H]3N)CC2)nc2c(c1=O)C(c1ccnc(Cl)c1Cl)=NC2.Cn1c(N2CCC3(CCC[C@H]3N)CC2)nc2c(c1=O)C(c1ccnc(N)c1Cl)=NC2. The number of nitrogens with zero attached hydrogens (tertiary/aromatic N) is 19. The lowest BCUT2D eigenvalue weighted by molar-refractivity contribution is 0.113. The molecule has 19 rings (SSSR count). The van der Waals surface area contributed by atoms with Crippen molar-refractivity contribution < 1.29 is 0 Å². The Morgan fingerprint density at radius 2 is 0.689 bits per heavy atom. The van der Waals surface area contributed by atoms with E-state index in [2.05, 4.69) is 61.4 Å². The van der Waals surface area contributed by atoms with Crippen LogP contribution in [0.1, 0.15) is 190 Å². The van der Waals surface area contributed by atoms with Gasteiger partial charge in [-0.3, -0.25) is 57.4 Å². The Kier molecular flexibility index (Phi) is 24.0. The van der Waals surface area contributed by atoms with Crippen molar-refractivity contribution in [1.82, 2.24) is 53.2 Å². The molecule has 3 aliphatic carbocycles. The second kappa shape index (κ2) is 33.9. The molecule has 8 aliphatic heterocycles. The molecule has 119 heavy (non-hydrogen) atoms. The summed E-state index contributed by atoms with van der Waals surface area (Å²) >= 11 is 43.7. The molecule has 4 saturated heterocycles. The number of piperidine rings is 4. The Labute approximate surface area is 724 Å². The predicted octanol–water partition coefficient (Wildman–Crippen LogP) is 11.1. The molecule has 15 heterocycles. The number of aromatic nitrogens is 11. The van der Waals surface area contributed by atoms with E-state index in [-0.39, 0.29) is 60.0 Å². The predicted molar refractivity (Wildman–Crippen MR) is 474 cm³/mol. The molecular formula is C84H99Cl7N24O4. The maximum Gasteiger partial charge on any atom is 0.264 e. The minimum absolute atomic E-state index is 0.0954. The van der Waals surface area contributed by atoms with Crippen molar-refractivity contribution in [3.05, 3.63) is 199 Å². The van der Waals surface area contributed by atoms with Crippen LogP contribution >= 0.6 is 81.2 Å². The van der Waals surface area contributed by atoms with Crippen LogP contribution < -0.4 is 70.5 Å². The zero-order valence-corrected chi connectivity index (χ0v) is 72.8. The lowest BCUT2D eigenvalue weighted by Crippen LogP contribution is -2.52. The minimum Gasteiger partial charge on any atom is -0.382 e. The van der Waals surface area contributed by atoms with Crippen molar-refractivity contribution in [2.45, 2.75) is 167 Å². The largest absolute Gasteiger partial charge is 0.382 e. The fourth-order valence-electron chi connectivity index (χ4n) is 19.9. The van der Waals surface area contributed by atoms with Gasteiger partial charge in [-0.2, -0.15) is 0 Å². The van der Waals surface area contributed by atoms with Crippen LogP contribution in [0.25, 0.3) is 0 Å². The second-order valence-corrected chi connectivity index (χ2v) is 36.7. The van der Waals surface area contributed by atoms with E-state index in [4.69, 9.17) is 130 Å². The van der Waals surface area contributed by atoms with E-state index in [9.17, 15) is 19.2 Å². The fraction of sp³-hybridized carbons (Fsp3) is 0.512. The number of halogens is 7. The van der Waals surface area contributed by atoms with Crippen LogP contribution in [-0.4, -0.2) is 153 Å². The maximum absolute atomic E-state index is 13.4. The standard InChI is InChI=1S/C23H27Cl2N5O.C21H24Cl2N6O.C21H26ClN7O.C19H22Cl2N6O/c1-29-21(31)18-16(13-27-20(18)14-5-4-6-15(24)19(14)25)28-22(29)30-11-9-23(10-12-30)8-3-2-7-17(23)26;1-28-19(30)15-13(11-26-17(15)12-4-8-25-18(23)16(12)22)27-20(28)29-9-6-21(7-10-29)5-2-3-14(21)24;1-28-19(30)15-13(11-26-17(15)12-4-8-25-18(24)16(12)22)27-20(28)29-9-6-21(7-10-29)5-2-3-14(21)23;1-19(10-22)4-7-27(8-5-19)18-25-12-9-24-15(13(12)17(28)26(18)2)11-3-6-23-16(21)14(11)20/h4-6,17H,2-3,7-13,26H2,1H3;4,8,14H,2-3,5-7,9-11,24H2,1H3;4,8,14H,2-3,5-7,9-11,23H2,1H3,(H2,24,25);3,6H,4-5,7-10,22H2,1-2H3/t;2*14-;/m.11./s1. The van der Waals surface area contributed by atoms with E-state index in [1.54, 1.807) is 89.3 Å².